The van der Waals surface area contributed by atoms with Gasteiger partial charge < -0.3 is 5.32 Å². The second-order valence-corrected chi connectivity index (χ2v) is 6.67. The molecule has 2 atom stereocenters. The van der Waals surface area contributed by atoms with Gasteiger partial charge in [0.15, 0.2) is 0 Å². The Morgan fingerprint density at radius 1 is 1.21 bits per heavy atom. The van der Waals surface area contributed by atoms with Crippen molar-refractivity contribution in [3.8, 4) is 0 Å². The first-order valence-corrected chi connectivity index (χ1v) is 8.05. The van der Waals surface area contributed by atoms with Crippen LogP contribution in [0, 0.1) is 6.92 Å². The molecule has 2 unspecified atom stereocenters. The quantitative estimate of drug-likeness (QED) is 0.666. The SMILES string of the molecule is Cc1ccc(CC(=O)NC2CCCCCC2Br)cc1. The molecular weight excluding hydrogens is 302 g/mol. The number of aryl methyl sites for hydroxylation is 1. The minimum absolute atomic E-state index is 0.139. The number of hydrogen-bond donors (Lipinski definition) is 1. The smallest absolute Gasteiger partial charge is 0.224 e. The maximum Gasteiger partial charge on any atom is 0.224 e. The van der Waals surface area contributed by atoms with Gasteiger partial charge in [-0.3, -0.25) is 4.79 Å². The van der Waals surface area contributed by atoms with Gasteiger partial charge in [-0.05, 0) is 25.3 Å². The standard InChI is InChI=1S/C16H22BrNO/c1-12-7-9-13(10-8-12)11-16(19)18-15-6-4-2-3-5-14(15)17/h7-10,14-15H,2-6,11H2,1H3,(H,18,19). The zero-order valence-electron chi connectivity index (χ0n) is 11.5. The van der Waals surface area contributed by atoms with Gasteiger partial charge in [-0.15, -0.1) is 0 Å². The predicted octanol–water partition coefficient (Wildman–Crippen LogP) is 3.75. The number of nitrogens with one attached hydrogen (secondary N) is 1. The Labute approximate surface area is 124 Å². The van der Waals surface area contributed by atoms with Crippen molar-refractivity contribution in [1.82, 2.24) is 5.32 Å². The van der Waals surface area contributed by atoms with Gasteiger partial charge in [-0.1, -0.05) is 65.0 Å². The van der Waals surface area contributed by atoms with Crippen molar-refractivity contribution in [2.75, 3.05) is 0 Å². The molecule has 0 radical (unpaired) electrons. The largest absolute Gasteiger partial charge is 0.352 e. The highest BCUT2D eigenvalue weighted by Gasteiger charge is 2.22. The summed E-state index contributed by atoms with van der Waals surface area (Å²) >= 11 is 3.71. The summed E-state index contributed by atoms with van der Waals surface area (Å²) < 4.78 is 0. The number of rotatable bonds is 3. The van der Waals surface area contributed by atoms with E-state index < -0.39 is 0 Å². The van der Waals surface area contributed by atoms with Gasteiger partial charge in [0.25, 0.3) is 0 Å². The third-order valence-electron chi connectivity index (χ3n) is 3.76. The highest BCUT2D eigenvalue weighted by atomic mass is 79.9. The van der Waals surface area contributed by atoms with E-state index in [9.17, 15) is 4.79 Å². The third kappa shape index (κ3) is 4.64. The van der Waals surface area contributed by atoms with Gasteiger partial charge >= 0.3 is 0 Å². The fraction of sp³-hybridized carbons (Fsp3) is 0.562. The molecule has 1 aromatic carbocycles. The molecular formula is C16H22BrNO. The fourth-order valence-corrected chi connectivity index (χ4v) is 3.29. The monoisotopic (exact) mass is 323 g/mol. The molecule has 0 aliphatic heterocycles. The van der Waals surface area contributed by atoms with Crippen molar-refractivity contribution in [3.05, 3.63) is 35.4 Å². The molecule has 1 fully saturated rings. The molecule has 0 aromatic heterocycles. The van der Waals surface area contributed by atoms with Crippen LogP contribution >= 0.6 is 15.9 Å². The predicted molar refractivity (Wildman–Crippen MR) is 82.6 cm³/mol. The minimum Gasteiger partial charge on any atom is -0.352 e. The summed E-state index contributed by atoms with van der Waals surface area (Å²) in [5, 5.41) is 3.19. The van der Waals surface area contributed by atoms with Crippen LogP contribution in [0.3, 0.4) is 0 Å². The van der Waals surface area contributed by atoms with Gasteiger partial charge in [-0.2, -0.15) is 0 Å². The first kappa shape index (κ1) is 14.6. The maximum absolute atomic E-state index is 12.1. The molecule has 1 aliphatic carbocycles. The molecule has 0 heterocycles. The lowest BCUT2D eigenvalue weighted by molar-refractivity contribution is -0.121. The van der Waals surface area contributed by atoms with E-state index in [1.807, 2.05) is 12.1 Å². The van der Waals surface area contributed by atoms with Crippen LogP contribution in [0.15, 0.2) is 24.3 Å². The normalized spacial score (nSPS) is 23.7. The second kappa shape index (κ2) is 7.09. The average Bonchev–Trinajstić information content (AvgIpc) is 2.58. The van der Waals surface area contributed by atoms with Crippen LogP contribution in [0.1, 0.15) is 43.2 Å². The van der Waals surface area contributed by atoms with E-state index in [-0.39, 0.29) is 5.91 Å². The van der Waals surface area contributed by atoms with Gasteiger partial charge in [0, 0.05) is 10.9 Å². The Balaban J connectivity index is 1.87. The molecule has 0 spiro atoms. The van der Waals surface area contributed by atoms with Crippen molar-refractivity contribution < 1.29 is 4.79 Å². The second-order valence-electron chi connectivity index (χ2n) is 5.49. The van der Waals surface area contributed by atoms with Gasteiger partial charge in [0.2, 0.25) is 5.91 Å². The van der Waals surface area contributed by atoms with Crippen molar-refractivity contribution in [2.45, 2.75) is 56.3 Å². The Bertz CT molecular complexity index is 415. The first-order chi connectivity index (χ1) is 9.15. The van der Waals surface area contributed by atoms with Crippen molar-refractivity contribution >= 4 is 21.8 Å². The summed E-state index contributed by atoms with van der Waals surface area (Å²) in [5.41, 5.74) is 2.32. The first-order valence-electron chi connectivity index (χ1n) is 7.14. The number of hydrogen-bond acceptors (Lipinski definition) is 1. The third-order valence-corrected chi connectivity index (χ3v) is 4.86. The van der Waals surface area contributed by atoms with Gasteiger partial charge in [0.05, 0.1) is 6.42 Å². The molecule has 1 saturated carbocycles. The summed E-state index contributed by atoms with van der Waals surface area (Å²) in [5.74, 6) is 0.139. The summed E-state index contributed by atoms with van der Waals surface area (Å²) in [6.07, 6.45) is 6.51. The molecule has 0 saturated heterocycles. The van der Waals surface area contributed by atoms with Crippen LogP contribution in [0.4, 0.5) is 0 Å². The number of carbonyl (C=O) groups excluding carboxylic acids is 1. The van der Waals surface area contributed by atoms with Crippen molar-refractivity contribution in [1.29, 1.82) is 0 Å². The molecule has 104 valence electrons. The summed E-state index contributed by atoms with van der Waals surface area (Å²) in [7, 11) is 0. The van der Waals surface area contributed by atoms with E-state index >= 15 is 0 Å². The lowest BCUT2D eigenvalue weighted by Gasteiger charge is -2.21. The highest BCUT2D eigenvalue weighted by molar-refractivity contribution is 9.09. The molecule has 1 amide bonds. The van der Waals surface area contributed by atoms with Crippen LogP contribution in [0.5, 0.6) is 0 Å². The molecule has 19 heavy (non-hydrogen) atoms. The van der Waals surface area contributed by atoms with Gasteiger partial charge in [0.1, 0.15) is 0 Å². The van der Waals surface area contributed by atoms with E-state index in [2.05, 4.69) is 40.3 Å². The lowest BCUT2D eigenvalue weighted by Crippen LogP contribution is -2.41. The molecule has 3 heteroatoms. The summed E-state index contributed by atoms with van der Waals surface area (Å²) in [4.78, 5) is 12.5. The number of halogens is 1. The van der Waals surface area contributed by atoms with Gasteiger partial charge in [-0.25, -0.2) is 0 Å². The zero-order chi connectivity index (χ0) is 13.7. The zero-order valence-corrected chi connectivity index (χ0v) is 13.1. The topological polar surface area (TPSA) is 29.1 Å². The number of carbonyl (C=O) groups is 1. The minimum atomic E-state index is 0.139. The molecule has 2 nitrogen and oxygen atoms in total. The molecule has 1 aromatic rings. The van der Waals surface area contributed by atoms with Crippen LogP contribution in [0.2, 0.25) is 0 Å². The average molecular weight is 324 g/mol. The van der Waals surface area contributed by atoms with E-state index in [1.54, 1.807) is 0 Å². The number of alkyl halides is 1. The molecule has 0 bridgehead atoms. The summed E-state index contributed by atoms with van der Waals surface area (Å²) in [6, 6.07) is 8.48. The van der Waals surface area contributed by atoms with Crippen molar-refractivity contribution in [2.24, 2.45) is 0 Å². The molecule has 2 rings (SSSR count). The van der Waals surface area contributed by atoms with E-state index in [0.29, 0.717) is 17.3 Å². The number of benzene rings is 1. The van der Waals surface area contributed by atoms with E-state index in [0.717, 1.165) is 18.4 Å². The number of amides is 1. The van der Waals surface area contributed by atoms with Crippen LogP contribution < -0.4 is 5.32 Å². The Morgan fingerprint density at radius 3 is 2.63 bits per heavy atom. The molecule has 1 aliphatic rings. The van der Waals surface area contributed by atoms with Crippen LogP contribution in [-0.4, -0.2) is 16.8 Å². The maximum atomic E-state index is 12.1. The summed E-state index contributed by atoms with van der Waals surface area (Å²) in [6.45, 7) is 2.06. The van der Waals surface area contributed by atoms with Crippen LogP contribution in [0.25, 0.3) is 0 Å². The highest BCUT2D eigenvalue weighted by Crippen LogP contribution is 2.23. The Morgan fingerprint density at radius 2 is 1.89 bits per heavy atom. The fourth-order valence-electron chi connectivity index (χ4n) is 2.57. The van der Waals surface area contributed by atoms with Crippen molar-refractivity contribution in [3.63, 3.8) is 0 Å². The van der Waals surface area contributed by atoms with E-state index in [4.69, 9.17) is 0 Å². The molecule has 1 N–H and O–H groups in total. The Hall–Kier alpha value is -0.830. The Kier molecular flexibility index (Phi) is 5.44. The lowest BCUT2D eigenvalue weighted by atomic mass is 10.1. The van der Waals surface area contributed by atoms with E-state index in [1.165, 1.54) is 24.8 Å². The van der Waals surface area contributed by atoms with Crippen LogP contribution in [-0.2, 0) is 11.2 Å².